The molecule has 0 bridgehead atoms. The van der Waals surface area contributed by atoms with Gasteiger partial charge < -0.3 is 4.42 Å². The van der Waals surface area contributed by atoms with Gasteiger partial charge in [0.05, 0.1) is 11.0 Å². The van der Waals surface area contributed by atoms with Crippen molar-refractivity contribution in [3.05, 3.63) is 182 Å². The topological polar surface area (TPSA) is 13.1 Å². The van der Waals surface area contributed by atoms with E-state index in [-0.39, 0.29) is 45.7 Å². The Hall–Kier alpha value is -6.70. The molecule has 0 N–H and O–H groups in total. The van der Waals surface area contributed by atoms with Crippen LogP contribution in [0.2, 0.25) is 0 Å². The molecule has 0 saturated carbocycles. The Kier molecular flexibility index (Phi) is 4.57. The minimum Gasteiger partial charge on any atom is -0.455 e. The molecule has 51 heavy (non-hydrogen) atoms. The second kappa shape index (κ2) is 10.9. The Balaban J connectivity index is 1.36. The fourth-order valence-electron chi connectivity index (χ4n) is 8.16. The molecule has 0 fully saturated rings. The van der Waals surface area contributed by atoms with Crippen LogP contribution in [-0.2, 0) is 0 Å². The molecule has 1 heterocycles. The van der Waals surface area contributed by atoms with Crippen LogP contribution in [0.3, 0.4) is 0 Å². The molecule has 0 atom stereocenters. The Labute approximate surface area is 305 Å². The second-order valence-corrected chi connectivity index (χ2v) is 12.9. The summed E-state index contributed by atoms with van der Waals surface area (Å²) in [6, 6.07) is 40.4. The van der Waals surface area contributed by atoms with Crippen molar-refractivity contribution in [1.82, 2.24) is 0 Å². The van der Waals surface area contributed by atoms with E-state index in [9.17, 15) is 5.48 Å². The smallest absolute Gasteiger partial charge is 0.143 e. The molecule has 1 heteroatoms. The molecule has 0 aliphatic carbocycles. The van der Waals surface area contributed by atoms with Crippen molar-refractivity contribution in [2.45, 2.75) is 0 Å². The van der Waals surface area contributed by atoms with Crippen molar-refractivity contribution >= 4 is 75.8 Å². The van der Waals surface area contributed by atoms with Gasteiger partial charge in [-0.05, 0) is 87.7 Å². The molecule has 11 aromatic rings. The number of benzene rings is 10. The molecule has 236 valence electrons. The van der Waals surface area contributed by atoms with E-state index in [1.165, 1.54) is 0 Å². The van der Waals surface area contributed by atoms with Gasteiger partial charge in [0.1, 0.15) is 11.2 Å². The molecule has 0 unspecified atom stereocenters. The molecular weight excluding hydrogens is 617 g/mol. The van der Waals surface area contributed by atoms with Crippen molar-refractivity contribution in [3.8, 4) is 33.4 Å². The SMILES string of the molecule is [2H]c1c([2H])c([2H])c2c(-c3cccc4cccc(-c5cccc6c5oc5ccc7ccccc7c56)c34)c3c([2H])c([2H])c([2H])c([2H])c3c(-c3cccc4ccccc34)c2c1[2H]. The van der Waals surface area contributed by atoms with Gasteiger partial charge in [0, 0.05) is 16.3 Å². The maximum atomic E-state index is 9.60. The summed E-state index contributed by atoms with van der Waals surface area (Å²) in [5.74, 6) is 0. The van der Waals surface area contributed by atoms with Crippen LogP contribution >= 0.6 is 0 Å². The second-order valence-electron chi connectivity index (χ2n) is 12.9. The summed E-state index contributed by atoms with van der Waals surface area (Å²) >= 11 is 0. The molecule has 1 nitrogen and oxygen atoms in total. The lowest BCUT2D eigenvalue weighted by Gasteiger charge is -2.20. The number of hydrogen-bond acceptors (Lipinski definition) is 1. The van der Waals surface area contributed by atoms with Gasteiger partial charge in [-0.3, -0.25) is 0 Å². The van der Waals surface area contributed by atoms with Crippen LogP contribution < -0.4 is 0 Å². The quantitative estimate of drug-likeness (QED) is 0.173. The standard InChI is InChI=1S/C50H30O/c1-3-18-34-31(13-1)15-9-24-36(34)47-37-20-5-7-22-39(37)48(40-23-8-6-21-38(40)47)43-27-11-17-33-16-10-25-41(46(33)43)42-26-12-28-44-49-35-19-4-2-14-32(35)29-30-45(49)51-50(42)44/h1-30H/i5D,6D,7D,8D,20D,21D,22D,23D. The normalized spacial score (nSPS) is 14.1. The minimum absolute atomic E-state index is 0.173. The third-order valence-corrected chi connectivity index (χ3v) is 10.3. The lowest BCUT2D eigenvalue weighted by atomic mass is 9.82. The molecule has 0 radical (unpaired) electrons. The fraction of sp³-hybridized carbons (Fsp3) is 0. The lowest BCUT2D eigenvalue weighted by Crippen LogP contribution is -1.93. The van der Waals surface area contributed by atoms with Crippen molar-refractivity contribution in [2.24, 2.45) is 0 Å². The summed E-state index contributed by atoms with van der Waals surface area (Å²) in [7, 11) is 0. The number of hydrogen-bond donors (Lipinski definition) is 0. The van der Waals surface area contributed by atoms with Crippen LogP contribution in [0.5, 0.6) is 0 Å². The third kappa shape index (κ3) is 4.09. The highest BCUT2D eigenvalue weighted by Gasteiger charge is 2.22. The highest BCUT2D eigenvalue weighted by molar-refractivity contribution is 6.27. The van der Waals surface area contributed by atoms with Crippen molar-refractivity contribution in [2.75, 3.05) is 0 Å². The van der Waals surface area contributed by atoms with E-state index >= 15 is 0 Å². The Morgan fingerprint density at radius 2 is 0.824 bits per heavy atom. The molecule has 1 aromatic heterocycles. The number of furan rings is 1. The summed E-state index contributed by atoms with van der Waals surface area (Å²) in [5, 5.41) is 8.07. The molecular formula is C50H30O. The van der Waals surface area contributed by atoms with Crippen molar-refractivity contribution < 1.29 is 15.4 Å². The molecule has 0 aliphatic heterocycles. The van der Waals surface area contributed by atoms with E-state index in [0.717, 1.165) is 59.8 Å². The van der Waals surface area contributed by atoms with Gasteiger partial charge in [0.25, 0.3) is 0 Å². The van der Waals surface area contributed by atoms with E-state index in [4.69, 9.17) is 9.90 Å². The first kappa shape index (κ1) is 21.4. The third-order valence-electron chi connectivity index (χ3n) is 10.3. The summed E-state index contributed by atoms with van der Waals surface area (Å²) in [5.41, 5.74) is 4.84. The molecule has 0 aliphatic rings. The lowest BCUT2D eigenvalue weighted by molar-refractivity contribution is 0.670. The summed E-state index contributed by atoms with van der Waals surface area (Å²) in [6.07, 6.45) is 0. The Morgan fingerprint density at radius 3 is 1.53 bits per heavy atom. The van der Waals surface area contributed by atoms with Crippen LogP contribution in [0.15, 0.2) is 186 Å². The average Bonchev–Trinajstić information content (AvgIpc) is 3.67. The zero-order valence-corrected chi connectivity index (χ0v) is 27.1. The first-order chi connectivity index (χ1) is 28.7. The van der Waals surface area contributed by atoms with Crippen LogP contribution in [0.1, 0.15) is 11.0 Å². The monoisotopic (exact) mass is 654 g/mol. The van der Waals surface area contributed by atoms with E-state index in [1.807, 2.05) is 109 Å². The first-order valence-electron chi connectivity index (χ1n) is 20.9. The number of rotatable bonds is 3. The minimum atomic E-state index is -0.437. The zero-order valence-electron chi connectivity index (χ0n) is 35.1. The molecule has 11 rings (SSSR count). The maximum Gasteiger partial charge on any atom is 0.143 e. The van der Waals surface area contributed by atoms with Gasteiger partial charge in [-0.15, -0.1) is 0 Å². The summed E-state index contributed by atoms with van der Waals surface area (Å²) in [6.45, 7) is 0. The van der Waals surface area contributed by atoms with E-state index in [1.54, 1.807) is 0 Å². The van der Waals surface area contributed by atoms with Crippen LogP contribution in [0.25, 0.3) is 109 Å². The predicted octanol–water partition coefficient (Wildman–Crippen LogP) is 14.4. The van der Waals surface area contributed by atoms with Gasteiger partial charge >= 0.3 is 0 Å². The highest BCUT2D eigenvalue weighted by atomic mass is 16.3. The molecule has 0 spiro atoms. The average molecular weight is 655 g/mol. The van der Waals surface area contributed by atoms with E-state index < -0.39 is 24.2 Å². The summed E-state index contributed by atoms with van der Waals surface area (Å²) in [4.78, 5) is 0. The van der Waals surface area contributed by atoms with Gasteiger partial charge in [-0.1, -0.05) is 176 Å². The highest BCUT2D eigenvalue weighted by Crippen LogP contribution is 2.49. The van der Waals surface area contributed by atoms with Crippen LogP contribution in [-0.4, -0.2) is 0 Å². The van der Waals surface area contributed by atoms with Crippen LogP contribution in [0.4, 0.5) is 0 Å². The first-order valence-corrected chi connectivity index (χ1v) is 16.9. The zero-order chi connectivity index (χ0) is 40.4. The van der Waals surface area contributed by atoms with Gasteiger partial charge in [-0.2, -0.15) is 0 Å². The van der Waals surface area contributed by atoms with Crippen molar-refractivity contribution in [3.63, 3.8) is 0 Å². The molecule has 10 aromatic carbocycles. The summed E-state index contributed by atoms with van der Waals surface area (Å²) < 4.78 is 80.8. The van der Waals surface area contributed by atoms with Gasteiger partial charge in [0.15, 0.2) is 0 Å². The van der Waals surface area contributed by atoms with E-state index in [0.29, 0.717) is 27.8 Å². The van der Waals surface area contributed by atoms with Crippen LogP contribution in [0, 0.1) is 0 Å². The van der Waals surface area contributed by atoms with Crippen molar-refractivity contribution in [1.29, 1.82) is 0 Å². The number of fused-ring (bicyclic) bond motifs is 9. The predicted molar refractivity (Wildman–Crippen MR) is 218 cm³/mol. The number of para-hydroxylation sites is 1. The van der Waals surface area contributed by atoms with Gasteiger partial charge in [0.2, 0.25) is 0 Å². The van der Waals surface area contributed by atoms with E-state index in [2.05, 4.69) is 24.3 Å². The Morgan fingerprint density at radius 1 is 0.333 bits per heavy atom. The fourth-order valence-corrected chi connectivity index (χ4v) is 8.16. The molecule has 0 saturated heterocycles. The largest absolute Gasteiger partial charge is 0.455 e. The maximum absolute atomic E-state index is 9.60. The Bertz CT molecular complexity index is 3570. The molecule has 0 amide bonds. The van der Waals surface area contributed by atoms with Gasteiger partial charge in [-0.25, -0.2) is 0 Å².